The van der Waals surface area contributed by atoms with E-state index < -0.39 is 0 Å². The summed E-state index contributed by atoms with van der Waals surface area (Å²) in [6.07, 6.45) is 0. The van der Waals surface area contributed by atoms with E-state index in [0.29, 0.717) is 0 Å². The van der Waals surface area contributed by atoms with Gasteiger partial charge in [-0.2, -0.15) is 0 Å². The van der Waals surface area contributed by atoms with Crippen molar-refractivity contribution in [2.24, 2.45) is 0 Å². The van der Waals surface area contributed by atoms with Crippen LogP contribution >= 0.6 is 47.8 Å². The Morgan fingerprint density at radius 3 is 0.760 bits per heavy atom. The minimum atomic E-state index is -0.351. The Kier molecular flexibility index (Phi) is 19.6. The molecule has 1 saturated heterocycles. The highest BCUT2D eigenvalue weighted by Crippen LogP contribution is 2.39. The number of halogens is 3. The summed E-state index contributed by atoms with van der Waals surface area (Å²) >= 11 is 10.2. The number of hydrogen-bond donors (Lipinski definition) is 1. The molecule has 1 aliphatic heterocycles. The Bertz CT molecular complexity index is 2930. The second kappa shape index (κ2) is 26.0. The lowest BCUT2D eigenvalue weighted by Crippen LogP contribution is -2.41. The molecule has 75 heavy (non-hydrogen) atoms. The minimum Gasteiger partial charge on any atom is -0.399 e. The topological polar surface area (TPSA) is 37.0 Å². The van der Waals surface area contributed by atoms with E-state index >= 15 is 0 Å². The molecular weight excluding hydrogens is 1120 g/mol. The Morgan fingerprint density at radius 2 is 0.507 bits per heavy atom. The lowest BCUT2D eigenvalue weighted by molar-refractivity contribution is 0.00578. The fourth-order valence-electron chi connectivity index (χ4n) is 7.89. The van der Waals surface area contributed by atoms with Gasteiger partial charge in [0.1, 0.15) is 0 Å². The van der Waals surface area contributed by atoms with Crippen LogP contribution in [-0.4, -0.2) is 18.3 Å². The van der Waals surface area contributed by atoms with Crippen LogP contribution in [0.25, 0.3) is 0 Å². The molecule has 5 nitrogen and oxygen atoms in total. The van der Waals surface area contributed by atoms with Gasteiger partial charge in [0.2, 0.25) is 0 Å². The van der Waals surface area contributed by atoms with Crippen LogP contribution in [0, 0.1) is 41.5 Å². The number of aryl methyl sites for hydroxylation is 6. The number of anilines is 8. The normalized spacial score (nSPS) is 12.9. The second-order valence-electron chi connectivity index (χ2n) is 20.0. The van der Waals surface area contributed by atoms with Gasteiger partial charge in [-0.1, -0.05) is 166 Å². The smallest absolute Gasteiger partial charge is 0.399 e. The van der Waals surface area contributed by atoms with Gasteiger partial charge < -0.3 is 24.4 Å². The monoisotopic (exact) mass is 1180 g/mol. The highest BCUT2D eigenvalue weighted by Gasteiger charge is 2.51. The van der Waals surface area contributed by atoms with E-state index in [-0.39, 0.29) is 18.3 Å². The highest BCUT2D eigenvalue weighted by atomic mass is 79.9. The molecular formula is C66H67BBr3N3O2. The molecule has 0 amide bonds. The van der Waals surface area contributed by atoms with Gasteiger partial charge in [0.15, 0.2) is 0 Å². The third kappa shape index (κ3) is 16.2. The van der Waals surface area contributed by atoms with Crippen molar-refractivity contribution in [3.8, 4) is 0 Å². The lowest BCUT2D eigenvalue weighted by Gasteiger charge is -2.32. The van der Waals surface area contributed by atoms with Crippen LogP contribution in [0.2, 0.25) is 0 Å². The summed E-state index contributed by atoms with van der Waals surface area (Å²) in [7, 11) is -0.351. The zero-order valence-electron chi connectivity index (χ0n) is 44.7. The predicted molar refractivity (Wildman–Crippen MR) is 332 cm³/mol. The molecule has 1 aliphatic rings. The molecule has 1 N–H and O–H groups in total. The number of nitrogens with one attached hydrogen (secondary N) is 1. The molecule has 0 spiro atoms. The van der Waals surface area contributed by atoms with Crippen molar-refractivity contribution in [3.05, 3.63) is 265 Å². The summed E-state index contributed by atoms with van der Waals surface area (Å²) in [6.45, 7) is 21.0. The van der Waals surface area contributed by atoms with Crippen molar-refractivity contribution >= 4 is 106 Å². The molecule has 0 aliphatic carbocycles. The van der Waals surface area contributed by atoms with E-state index in [4.69, 9.17) is 9.31 Å². The first-order valence-electron chi connectivity index (χ1n) is 25.2. The van der Waals surface area contributed by atoms with Gasteiger partial charge in [-0.25, -0.2) is 0 Å². The molecule has 0 unspecified atom stereocenters. The number of nitrogens with zero attached hydrogens (tertiary/aromatic N) is 2. The van der Waals surface area contributed by atoms with Crippen molar-refractivity contribution in [1.29, 1.82) is 0 Å². The zero-order chi connectivity index (χ0) is 53.7. The van der Waals surface area contributed by atoms with Crippen LogP contribution in [-0.2, 0) is 9.31 Å². The van der Waals surface area contributed by atoms with Gasteiger partial charge >= 0.3 is 7.12 Å². The highest BCUT2D eigenvalue weighted by molar-refractivity contribution is 9.11. The van der Waals surface area contributed by atoms with Crippen molar-refractivity contribution in [2.75, 3.05) is 15.1 Å². The number of benzene rings is 9. The van der Waals surface area contributed by atoms with Gasteiger partial charge in [-0.15, -0.1) is 0 Å². The van der Waals surface area contributed by atoms with Crippen molar-refractivity contribution in [2.45, 2.75) is 80.4 Å². The van der Waals surface area contributed by atoms with E-state index in [9.17, 15) is 0 Å². The Hall–Kier alpha value is -6.20. The van der Waals surface area contributed by atoms with Gasteiger partial charge in [0.05, 0.1) is 11.2 Å². The van der Waals surface area contributed by atoms with Crippen molar-refractivity contribution < 1.29 is 9.31 Å². The first-order valence-corrected chi connectivity index (χ1v) is 27.6. The minimum absolute atomic E-state index is 0.341. The summed E-state index contributed by atoms with van der Waals surface area (Å²) in [5.74, 6) is 0. The standard InChI is InChI=1S/C26H30BNO2.C20H18BrN.C14H15N.C6H4Br2/c1-19-7-13-22(14-8-19)28(23-15-9-20(2)10-16-23)24-17-11-21(12-18-24)27-29-25(3,4)26(5,6)30-27;1-15-3-9-18(10-4-15)22(19-11-5-16(2)6-12-19)20-13-7-17(21)8-14-20;1-11-3-7-13(8-4-11)15-14-9-5-12(2)6-10-14;7-5-1-2-6(8)4-3-5/h7-18H,1-6H3;3-14H,1-2H3;3-10,15H,1-2H3;1-4H. The Morgan fingerprint density at radius 1 is 0.307 bits per heavy atom. The van der Waals surface area contributed by atoms with Crippen LogP contribution in [0.15, 0.2) is 232 Å². The van der Waals surface area contributed by atoms with Gasteiger partial charge in [-0.3, -0.25) is 0 Å². The molecule has 9 aromatic carbocycles. The Balaban J connectivity index is 0.000000159. The zero-order valence-corrected chi connectivity index (χ0v) is 49.5. The van der Waals surface area contributed by atoms with Gasteiger partial charge in [-0.05, 0) is 208 Å². The Labute approximate surface area is 472 Å². The van der Waals surface area contributed by atoms with E-state index in [0.717, 1.165) is 64.4 Å². The largest absolute Gasteiger partial charge is 0.494 e. The maximum atomic E-state index is 6.21. The average molecular weight is 1180 g/mol. The molecule has 0 radical (unpaired) electrons. The van der Waals surface area contributed by atoms with Gasteiger partial charge in [0, 0.05) is 58.9 Å². The van der Waals surface area contributed by atoms with E-state index in [1.165, 1.54) is 33.4 Å². The van der Waals surface area contributed by atoms with E-state index in [1.807, 2.05) is 24.3 Å². The second-order valence-corrected chi connectivity index (χ2v) is 22.7. The summed E-state index contributed by atoms with van der Waals surface area (Å²) < 4.78 is 15.7. The molecule has 9 aromatic rings. The fraction of sp³-hybridized carbons (Fsp3) is 0.182. The molecule has 10 rings (SSSR count). The van der Waals surface area contributed by atoms with E-state index in [1.54, 1.807) is 0 Å². The van der Waals surface area contributed by atoms with Crippen LogP contribution in [0.1, 0.15) is 61.1 Å². The van der Waals surface area contributed by atoms with Gasteiger partial charge in [0.25, 0.3) is 0 Å². The lowest BCUT2D eigenvalue weighted by atomic mass is 9.79. The molecule has 0 atom stereocenters. The maximum Gasteiger partial charge on any atom is 0.494 e. The van der Waals surface area contributed by atoms with Crippen molar-refractivity contribution in [1.82, 2.24) is 0 Å². The molecule has 0 saturated carbocycles. The van der Waals surface area contributed by atoms with Crippen LogP contribution in [0.5, 0.6) is 0 Å². The van der Waals surface area contributed by atoms with Crippen LogP contribution in [0.4, 0.5) is 45.5 Å². The summed E-state index contributed by atoms with van der Waals surface area (Å²) in [4.78, 5) is 4.54. The third-order valence-corrected chi connectivity index (χ3v) is 14.7. The number of rotatable bonds is 9. The average Bonchev–Trinajstić information content (AvgIpc) is 3.63. The number of hydrogen-bond acceptors (Lipinski definition) is 5. The van der Waals surface area contributed by atoms with E-state index in [2.05, 4.69) is 326 Å². The quantitative estimate of drug-likeness (QED) is 0.146. The molecule has 1 heterocycles. The summed E-state index contributed by atoms with van der Waals surface area (Å²) in [5.41, 5.74) is 17.0. The molecule has 0 aromatic heterocycles. The predicted octanol–water partition coefficient (Wildman–Crippen LogP) is 19.9. The SMILES string of the molecule is Brc1ccc(Br)cc1.Cc1ccc(N(c2ccc(C)cc2)c2ccc(B3OC(C)(C)C(C)(C)O3)cc2)cc1.Cc1ccc(N(c2ccc(C)cc2)c2ccc(Br)cc2)cc1.Cc1ccc(Nc2ccc(C)cc2)cc1. The van der Waals surface area contributed by atoms with Crippen molar-refractivity contribution in [3.63, 3.8) is 0 Å². The summed E-state index contributed by atoms with van der Waals surface area (Å²) in [6, 6.07) is 76.1. The van der Waals surface area contributed by atoms with Crippen LogP contribution < -0.4 is 20.6 Å². The first kappa shape index (κ1) is 56.5. The van der Waals surface area contributed by atoms with Crippen LogP contribution in [0.3, 0.4) is 0 Å². The molecule has 382 valence electrons. The third-order valence-electron chi connectivity index (χ3n) is 13.1. The molecule has 9 heteroatoms. The fourth-order valence-corrected chi connectivity index (χ4v) is 8.68. The summed E-state index contributed by atoms with van der Waals surface area (Å²) in [5, 5.41) is 3.36. The first-order chi connectivity index (χ1) is 35.8. The molecule has 1 fully saturated rings. The molecule has 0 bridgehead atoms. The maximum absolute atomic E-state index is 6.21.